The SMILES string of the molecule is CCN(CC)CCCN(CC)CC(C)CNC(C)C. The van der Waals surface area contributed by atoms with Crippen LogP contribution in [0, 0.1) is 5.92 Å². The fraction of sp³-hybridized carbons (Fsp3) is 1.00. The molecule has 0 aromatic heterocycles. The van der Waals surface area contributed by atoms with Crippen molar-refractivity contribution < 1.29 is 0 Å². The number of hydrogen-bond donors (Lipinski definition) is 1. The Bertz CT molecular complexity index is 190. The van der Waals surface area contributed by atoms with Crippen molar-refractivity contribution in [2.75, 3.05) is 45.8 Å². The second-order valence-corrected chi connectivity index (χ2v) is 5.94. The molecule has 0 saturated heterocycles. The van der Waals surface area contributed by atoms with Crippen LogP contribution in [-0.2, 0) is 0 Å². The summed E-state index contributed by atoms with van der Waals surface area (Å²) in [6.45, 7) is 21.9. The fourth-order valence-corrected chi connectivity index (χ4v) is 2.38. The molecule has 0 saturated carbocycles. The standard InChI is InChI=1S/C16H37N3/c1-7-18(8-2)11-10-12-19(9-3)14-16(6)13-17-15(4)5/h15-17H,7-14H2,1-6H3. The molecule has 0 amide bonds. The second kappa shape index (κ2) is 11.7. The lowest BCUT2D eigenvalue weighted by Gasteiger charge is -2.26. The molecule has 0 spiro atoms. The molecule has 0 aliphatic heterocycles. The highest BCUT2D eigenvalue weighted by Crippen LogP contribution is 2.01. The molecule has 19 heavy (non-hydrogen) atoms. The molecule has 0 aromatic carbocycles. The first-order valence-corrected chi connectivity index (χ1v) is 8.21. The highest BCUT2D eigenvalue weighted by molar-refractivity contribution is 4.66. The smallest absolute Gasteiger partial charge is 0.00190 e. The minimum Gasteiger partial charge on any atom is -0.314 e. The maximum atomic E-state index is 3.53. The van der Waals surface area contributed by atoms with Gasteiger partial charge in [0, 0.05) is 12.6 Å². The van der Waals surface area contributed by atoms with Crippen LogP contribution < -0.4 is 5.32 Å². The van der Waals surface area contributed by atoms with E-state index in [9.17, 15) is 0 Å². The van der Waals surface area contributed by atoms with E-state index in [0.29, 0.717) is 6.04 Å². The molecule has 0 rings (SSSR count). The molecule has 116 valence electrons. The van der Waals surface area contributed by atoms with Gasteiger partial charge >= 0.3 is 0 Å². The summed E-state index contributed by atoms with van der Waals surface area (Å²) in [7, 11) is 0. The van der Waals surface area contributed by atoms with E-state index in [4.69, 9.17) is 0 Å². The zero-order valence-electron chi connectivity index (χ0n) is 14.2. The van der Waals surface area contributed by atoms with Crippen LogP contribution in [0.25, 0.3) is 0 Å². The Hall–Kier alpha value is -0.120. The molecule has 1 N–H and O–H groups in total. The molecule has 0 aromatic rings. The van der Waals surface area contributed by atoms with E-state index >= 15 is 0 Å². The third kappa shape index (κ3) is 10.3. The summed E-state index contributed by atoms with van der Waals surface area (Å²) in [6, 6.07) is 0.597. The third-order valence-electron chi connectivity index (χ3n) is 3.73. The lowest BCUT2D eigenvalue weighted by atomic mass is 10.1. The van der Waals surface area contributed by atoms with E-state index in [1.165, 1.54) is 45.7 Å². The molecule has 0 bridgehead atoms. The molecule has 0 fully saturated rings. The first kappa shape index (κ1) is 18.9. The normalized spacial score (nSPS) is 13.7. The summed E-state index contributed by atoms with van der Waals surface area (Å²) in [4.78, 5) is 5.10. The Labute approximate surface area is 121 Å². The van der Waals surface area contributed by atoms with E-state index in [1.807, 2.05) is 0 Å². The molecule has 0 heterocycles. The van der Waals surface area contributed by atoms with E-state index < -0.39 is 0 Å². The zero-order valence-corrected chi connectivity index (χ0v) is 14.2. The Morgan fingerprint density at radius 1 is 0.842 bits per heavy atom. The van der Waals surface area contributed by atoms with Crippen LogP contribution >= 0.6 is 0 Å². The average Bonchev–Trinajstić information content (AvgIpc) is 2.40. The molecule has 0 aliphatic carbocycles. The molecule has 1 atom stereocenters. The predicted octanol–water partition coefficient (Wildman–Crippen LogP) is 2.67. The van der Waals surface area contributed by atoms with Crippen molar-refractivity contribution >= 4 is 0 Å². The molecule has 3 nitrogen and oxygen atoms in total. The highest BCUT2D eigenvalue weighted by atomic mass is 15.1. The van der Waals surface area contributed by atoms with Gasteiger partial charge in [-0.3, -0.25) is 0 Å². The van der Waals surface area contributed by atoms with Gasteiger partial charge < -0.3 is 15.1 Å². The van der Waals surface area contributed by atoms with Crippen LogP contribution in [0.15, 0.2) is 0 Å². The monoisotopic (exact) mass is 271 g/mol. The Kier molecular flexibility index (Phi) is 11.6. The quantitative estimate of drug-likeness (QED) is 0.589. The summed E-state index contributed by atoms with van der Waals surface area (Å²) in [5.41, 5.74) is 0. The van der Waals surface area contributed by atoms with Gasteiger partial charge in [-0.25, -0.2) is 0 Å². The van der Waals surface area contributed by atoms with Gasteiger partial charge in [0.1, 0.15) is 0 Å². The van der Waals surface area contributed by atoms with Gasteiger partial charge in [-0.05, 0) is 51.6 Å². The molecular formula is C16H37N3. The van der Waals surface area contributed by atoms with Gasteiger partial charge in [0.05, 0.1) is 0 Å². The van der Waals surface area contributed by atoms with Crippen molar-refractivity contribution in [1.29, 1.82) is 0 Å². The highest BCUT2D eigenvalue weighted by Gasteiger charge is 2.09. The predicted molar refractivity (Wildman–Crippen MR) is 86.8 cm³/mol. The number of hydrogen-bond acceptors (Lipinski definition) is 3. The number of rotatable bonds is 12. The molecule has 0 radical (unpaired) electrons. The Morgan fingerprint density at radius 2 is 1.37 bits per heavy atom. The lowest BCUT2D eigenvalue weighted by Crippen LogP contribution is -2.37. The largest absolute Gasteiger partial charge is 0.314 e. The minimum absolute atomic E-state index is 0.597. The van der Waals surface area contributed by atoms with Gasteiger partial charge in [-0.15, -0.1) is 0 Å². The zero-order chi connectivity index (χ0) is 14.7. The van der Waals surface area contributed by atoms with Crippen molar-refractivity contribution in [3.05, 3.63) is 0 Å². The van der Waals surface area contributed by atoms with Crippen LogP contribution in [0.3, 0.4) is 0 Å². The van der Waals surface area contributed by atoms with E-state index in [1.54, 1.807) is 0 Å². The topological polar surface area (TPSA) is 18.5 Å². The van der Waals surface area contributed by atoms with Crippen molar-refractivity contribution in [3.63, 3.8) is 0 Å². The van der Waals surface area contributed by atoms with Gasteiger partial charge in [0.15, 0.2) is 0 Å². The van der Waals surface area contributed by atoms with Crippen LogP contribution in [0.5, 0.6) is 0 Å². The summed E-state index contributed by atoms with van der Waals surface area (Å²) in [5.74, 6) is 0.732. The maximum Gasteiger partial charge on any atom is 0.00190 e. The van der Waals surface area contributed by atoms with Crippen molar-refractivity contribution in [1.82, 2.24) is 15.1 Å². The fourth-order valence-electron chi connectivity index (χ4n) is 2.38. The first-order valence-electron chi connectivity index (χ1n) is 8.21. The van der Waals surface area contributed by atoms with E-state index in [-0.39, 0.29) is 0 Å². The van der Waals surface area contributed by atoms with Crippen molar-refractivity contribution in [2.24, 2.45) is 5.92 Å². The Morgan fingerprint density at radius 3 is 1.84 bits per heavy atom. The molecule has 0 aliphatic rings. The first-order chi connectivity index (χ1) is 9.03. The van der Waals surface area contributed by atoms with Crippen molar-refractivity contribution in [3.8, 4) is 0 Å². The summed E-state index contributed by atoms with van der Waals surface area (Å²) in [5, 5.41) is 3.53. The van der Waals surface area contributed by atoms with Crippen LogP contribution in [-0.4, -0.2) is 61.7 Å². The molecular weight excluding hydrogens is 234 g/mol. The second-order valence-electron chi connectivity index (χ2n) is 5.94. The van der Waals surface area contributed by atoms with Crippen molar-refractivity contribution in [2.45, 2.75) is 54.0 Å². The Balaban J connectivity index is 3.81. The van der Waals surface area contributed by atoms with Crippen LogP contribution in [0.2, 0.25) is 0 Å². The summed E-state index contributed by atoms with van der Waals surface area (Å²) in [6.07, 6.45) is 1.29. The van der Waals surface area contributed by atoms with Gasteiger partial charge in [-0.2, -0.15) is 0 Å². The minimum atomic E-state index is 0.597. The van der Waals surface area contributed by atoms with Crippen LogP contribution in [0.1, 0.15) is 48.0 Å². The molecule has 3 heteroatoms. The van der Waals surface area contributed by atoms with Gasteiger partial charge in [0.2, 0.25) is 0 Å². The number of nitrogens with one attached hydrogen (secondary N) is 1. The summed E-state index contributed by atoms with van der Waals surface area (Å²) < 4.78 is 0. The van der Waals surface area contributed by atoms with Crippen LogP contribution in [0.4, 0.5) is 0 Å². The maximum absolute atomic E-state index is 3.53. The third-order valence-corrected chi connectivity index (χ3v) is 3.73. The van der Waals surface area contributed by atoms with Gasteiger partial charge in [-0.1, -0.05) is 41.5 Å². The van der Waals surface area contributed by atoms with E-state index in [2.05, 4.69) is 56.7 Å². The lowest BCUT2D eigenvalue weighted by molar-refractivity contribution is 0.219. The molecule has 1 unspecified atom stereocenters. The average molecular weight is 271 g/mol. The summed E-state index contributed by atoms with van der Waals surface area (Å²) >= 11 is 0. The van der Waals surface area contributed by atoms with Gasteiger partial charge in [0.25, 0.3) is 0 Å². The number of nitrogens with zero attached hydrogens (tertiary/aromatic N) is 2. The van der Waals surface area contributed by atoms with E-state index in [0.717, 1.165) is 12.5 Å².